The van der Waals surface area contributed by atoms with Gasteiger partial charge in [-0.2, -0.15) is 0 Å². The first-order valence-corrected chi connectivity index (χ1v) is 6.35. The molecule has 2 rings (SSSR count). The number of benzene rings is 1. The van der Waals surface area contributed by atoms with Crippen molar-refractivity contribution >= 4 is 35.0 Å². The second-order valence-corrected chi connectivity index (χ2v) is 4.35. The van der Waals surface area contributed by atoms with Gasteiger partial charge in [0.25, 0.3) is 5.91 Å². The van der Waals surface area contributed by atoms with Gasteiger partial charge in [0.2, 0.25) is 0 Å². The van der Waals surface area contributed by atoms with E-state index in [-0.39, 0.29) is 16.6 Å². The summed E-state index contributed by atoms with van der Waals surface area (Å²) in [7, 11) is 1.28. The number of carbonyl (C=O) groups excluding carboxylic acids is 2. The van der Waals surface area contributed by atoms with E-state index in [4.69, 9.17) is 11.6 Å². The lowest BCUT2D eigenvalue weighted by molar-refractivity contribution is 0.102. The van der Waals surface area contributed by atoms with Crippen molar-refractivity contribution in [2.24, 2.45) is 0 Å². The van der Waals surface area contributed by atoms with Crippen LogP contribution in [0.25, 0.3) is 0 Å². The fourth-order valence-corrected chi connectivity index (χ4v) is 1.76. The van der Waals surface area contributed by atoms with E-state index < -0.39 is 6.09 Å². The quantitative estimate of drug-likeness (QED) is 0.854. The maximum atomic E-state index is 12.0. The molecular weight excluding hydrogens is 294 g/mol. The molecule has 0 saturated heterocycles. The zero-order valence-corrected chi connectivity index (χ0v) is 11.8. The number of carbonyl (C=O) groups is 2. The maximum absolute atomic E-state index is 12.0. The molecule has 1 aromatic carbocycles. The highest BCUT2D eigenvalue weighted by atomic mass is 35.5. The number of aromatic nitrogens is 1. The number of anilines is 2. The minimum atomic E-state index is -0.561. The Morgan fingerprint density at radius 1 is 1.10 bits per heavy atom. The standard InChI is InChI=1S/C14H12ClN3O3/c1-21-14(20)18-10-6-4-9(5-7-10)17-13(19)11-3-2-8-16-12(11)15/h2-8H,1H3,(H,17,19)(H,18,20). The molecule has 2 N–H and O–H groups in total. The number of hydrogen-bond donors (Lipinski definition) is 2. The summed E-state index contributed by atoms with van der Waals surface area (Å²) < 4.78 is 4.48. The van der Waals surface area contributed by atoms with Gasteiger partial charge in [0.15, 0.2) is 0 Å². The van der Waals surface area contributed by atoms with Gasteiger partial charge in [-0.1, -0.05) is 11.6 Å². The second-order valence-electron chi connectivity index (χ2n) is 3.99. The lowest BCUT2D eigenvalue weighted by atomic mass is 10.2. The number of nitrogens with one attached hydrogen (secondary N) is 2. The third-order valence-corrected chi connectivity index (χ3v) is 2.88. The number of nitrogens with zero attached hydrogens (tertiary/aromatic N) is 1. The van der Waals surface area contributed by atoms with Gasteiger partial charge in [-0.15, -0.1) is 0 Å². The van der Waals surface area contributed by atoms with E-state index in [2.05, 4.69) is 20.4 Å². The van der Waals surface area contributed by atoms with Crippen molar-refractivity contribution in [1.29, 1.82) is 0 Å². The molecule has 0 bridgehead atoms. The van der Waals surface area contributed by atoms with Crippen LogP contribution >= 0.6 is 11.6 Å². The summed E-state index contributed by atoms with van der Waals surface area (Å²) in [5.41, 5.74) is 1.41. The van der Waals surface area contributed by atoms with Crippen LogP contribution in [0.4, 0.5) is 16.2 Å². The van der Waals surface area contributed by atoms with Gasteiger partial charge in [-0.25, -0.2) is 9.78 Å². The first-order chi connectivity index (χ1) is 10.1. The first kappa shape index (κ1) is 14.8. The highest BCUT2D eigenvalue weighted by Crippen LogP contribution is 2.17. The Morgan fingerprint density at radius 3 is 2.29 bits per heavy atom. The summed E-state index contributed by atoms with van der Waals surface area (Å²) in [4.78, 5) is 26.9. The van der Waals surface area contributed by atoms with Crippen molar-refractivity contribution < 1.29 is 14.3 Å². The average molecular weight is 306 g/mol. The van der Waals surface area contributed by atoms with Crippen LogP contribution in [0.1, 0.15) is 10.4 Å². The zero-order chi connectivity index (χ0) is 15.2. The monoisotopic (exact) mass is 305 g/mol. The van der Waals surface area contributed by atoms with Crippen molar-refractivity contribution in [3.63, 3.8) is 0 Å². The van der Waals surface area contributed by atoms with Gasteiger partial charge in [-0.05, 0) is 36.4 Å². The van der Waals surface area contributed by atoms with Gasteiger partial charge in [-0.3, -0.25) is 10.1 Å². The van der Waals surface area contributed by atoms with E-state index in [1.54, 1.807) is 36.4 Å². The van der Waals surface area contributed by atoms with E-state index in [0.29, 0.717) is 11.4 Å². The molecule has 0 spiro atoms. The van der Waals surface area contributed by atoms with Crippen LogP contribution in [0, 0.1) is 0 Å². The van der Waals surface area contributed by atoms with Crippen molar-refractivity contribution in [1.82, 2.24) is 4.98 Å². The fourth-order valence-electron chi connectivity index (χ4n) is 1.56. The second kappa shape index (κ2) is 6.71. The van der Waals surface area contributed by atoms with Gasteiger partial charge < -0.3 is 10.1 Å². The summed E-state index contributed by atoms with van der Waals surface area (Å²) in [6.07, 6.45) is 0.945. The number of halogens is 1. The van der Waals surface area contributed by atoms with Crippen molar-refractivity contribution in [3.8, 4) is 0 Å². The highest BCUT2D eigenvalue weighted by molar-refractivity contribution is 6.33. The molecule has 6 nitrogen and oxygen atoms in total. The number of rotatable bonds is 3. The third kappa shape index (κ3) is 3.93. The SMILES string of the molecule is COC(=O)Nc1ccc(NC(=O)c2cccnc2Cl)cc1. The third-order valence-electron chi connectivity index (χ3n) is 2.58. The summed E-state index contributed by atoms with van der Waals surface area (Å²) >= 11 is 5.85. The van der Waals surface area contributed by atoms with Crippen molar-refractivity contribution in [2.75, 3.05) is 17.7 Å². The number of pyridine rings is 1. The fraction of sp³-hybridized carbons (Fsp3) is 0.0714. The largest absolute Gasteiger partial charge is 0.453 e. The van der Waals surface area contributed by atoms with Crippen LogP contribution in [0.5, 0.6) is 0 Å². The van der Waals surface area contributed by atoms with Crippen molar-refractivity contribution in [3.05, 3.63) is 53.3 Å². The molecule has 0 aliphatic heterocycles. The normalized spacial score (nSPS) is 9.81. The first-order valence-electron chi connectivity index (χ1n) is 5.97. The minimum Gasteiger partial charge on any atom is -0.453 e. The molecule has 0 unspecified atom stereocenters. The summed E-state index contributed by atoms with van der Waals surface area (Å²) in [6.45, 7) is 0. The van der Waals surface area contributed by atoms with E-state index >= 15 is 0 Å². The molecule has 2 amide bonds. The van der Waals surface area contributed by atoms with Crippen LogP contribution in [0.2, 0.25) is 5.15 Å². The number of ether oxygens (including phenoxy) is 1. The van der Waals surface area contributed by atoms with E-state index in [9.17, 15) is 9.59 Å². The van der Waals surface area contributed by atoms with Crippen LogP contribution < -0.4 is 10.6 Å². The average Bonchev–Trinajstić information content (AvgIpc) is 2.49. The number of amides is 2. The Hall–Kier alpha value is -2.60. The lowest BCUT2D eigenvalue weighted by Gasteiger charge is -2.08. The molecule has 7 heteroatoms. The molecular formula is C14H12ClN3O3. The van der Waals surface area contributed by atoms with Gasteiger partial charge in [0.1, 0.15) is 5.15 Å². The van der Waals surface area contributed by atoms with E-state index in [0.717, 1.165) is 0 Å². The molecule has 0 atom stereocenters. The smallest absolute Gasteiger partial charge is 0.411 e. The molecule has 1 aromatic heterocycles. The molecule has 21 heavy (non-hydrogen) atoms. The Morgan fingerprint density at radius 2 is 1.71 bits per heavy atom. The summed E-state index contributed by atoms with van der Waals surface area (Å²) in [5, 5.41) is 5.33. The van der Waals surface area contributed by atoms with Crippen LogP contribution in [-0.4, -0.2) is 24.1 Å². The Kier molecular flexibility index (Phi) is 4.73. The number of methoxy groups -OCH3 is 1. The molecule has 108 valence electrons. The van der Waals surface area contributed by atoms with E-state index in [1.807, 2.05) is 0 Å². The Bertz CT molecular complexity index is 659. The van der Waals surface area contributed by atoms with Crippen LogP contribution in [0.3, 0.4) is 0 Å². The van der Waals surface area contributed by atoms with Crippen molar-refractivity contribution in [2.45, 2.75) is 0 Å². The molecule has 2 aromatic rings. The topological polar surface area (TPSA) is 80.3 Å². The zero-order valence-electron chi connectivity index (χ0n) is 11.1. The van der Waals surface area contributed by atoms with E-state index in [1.165, 1.54) is 13.3 Å². The molecule has 0 aliphatic carbocycles. The van der Waals surface area contributed by atoms with Crippen LogP contribution in [0.15, 0.2) is 42.6 Å². The van der Waals surface area contributed by atoms with Gasteiger partial charge >= 0.3 is 6.09 Å². The predicted octanol–water partition coefficient (Wildman–Crippen LogP) is 3.17. The number of hydrogen-bond acceptors (Lipinski definition) is 4. The molecule has 0 aliphatic rings. The Balaban J connectivity index is 2.05. The minimum absolute atomic E-state index is 0.138. The Labute approximate surface area is 126 Å². The molecule has 0 fully saturated rings. The van der Waals surface area contributed by atoms with Gasteiger partial charge in [0.05, 0.1) is 12.7 Å². The molecule has 1 heterocycles. The van der Waals surface area contributed by atoms with Gasteiger partial charge in [0, 0.05) is 17.6 Å². The lowest BCUT2D eigenvalue weighted by Crippen LogP contribution is -2.13. The molecule has 0 saturated carbocycles. The highest BCUT2D eigenvalue weighted by Gasteiger charge is 2.10. The molecule has 0 radical (unpaired) electrons. The van der Waals surface area contributed by atoms with Crippen LogP contribution in [-0.2, 0) is 4.74 Å². The summed E-state index contributed by atoms with van der Waals surface area (Å²) in [5.74, 6) is -0.359. The maximum Gasteiger partial charge on any atom is 0.411 e. The summed E-state index contributed by atoms with van der Waals surface area (Å²) in [6, 6.07) is 9.78. The predicted molar refractivity (Wildman–Crippen MR) is 79.7 cm³/mol.